The van der Waals surface area contributed by atoms with Crippen LogP contribution in [-0.4, -0.2) is 27.5 Å². The van der Waals surface area contributed by atoms with Crippen LogP contribution in [-0.2, 0) is 0 Å². The molecule has 0 spiro atoms. The molecule has 0 aliphatic rings. The highest BCUT2D eigenvalue weighted by Crippen LogP contribution is 2.32. The number of phenols is 1. The van der Waals surface area contributed by atoms with Crippen molar-refractivity contribution in [2.45, 2.75) is 0 Å². The summed E-state index contributed by atoms with van der Waals surface area (Å²) in [6.07, 6.45) is 1.44. The number of rotatable bonds is 5. The van der Waals surface area contributed by atoms with Gasteiger partial charge in [-0.05, 0) is 54.2 Å². The van der Waals surface area contributed by atoms with Gasteiger partial charge in [0.15, 0.2) is 5.11 Å². The molecular weight excluding hydrogens is 410 g/mol. The number of carbonyl (C=O) groups is 1. The first kappa shape index (κ1) is 20.3. The Morgan fingerprint density at radius 2 is 1.79 bits per heavy atom. The second kappa shape index (κ2) is 9.18. The number of phenolic OH excluding ortho intramolecular Hbond substituents is 1. The van der Waals surface area contributed by atoms with Gasteiger partial charge < -0.3 is 15.5 Å². The number of nitrogens with one attached hydrogen (secondary N) is 2. The molecule has 3 rings (SSSR count). The van der Waals surface area contributed by atoms with Crippen LogP contribution in [0.2, 0.25) is 5.02 Å². The lowest BCUT2D eigenvalue weighted by Gasteiger charge is -2.09. The molecule has 0 radical (unpaired) electrons. The quantitative estimate of drug-likeness (QED) is 0.268. The number of hydrogen-bond acceptors (Lipinski definition) is 4. The summed E-state index contributed by atoms with van der Waals surface area (Å²) in [6, 6.07) is 18.7. The normalized spacial score (nSPS) is 10.7. The van der Waals surface area contributed by atoms with Gasteiger partial charge in [0, 0.05) is 21.8 Å². The van der Waals surface area contributed by atoms with Crippen LogP contribution in [0.25, 0.3) is 11.1 Å². The number of hydrazone groups is 1. The number of aromatic carboxylic acids is 1. The topological polar surface area (TPSA) is 94.0 Å². The van der Waals surface area contributed by atoms with Gasteiger partial charge in [-0.15, -0.1) is 0 Å². The zero-order chi connectivity index (χ0) is 20.8. The molecule has 6 nitrogen and oxygen atoms in total. The standard InChI is InChI=1S/C21H16ClN3O3S/c22-16-9-7-13(8-10-16)18-6-2-4-15(19(18)26)12-23-25-21(29)24-17-5-1-3-14(11-17)20(27)28/h1-12,26H,(H,27,28)(H2,24,25,29)/b23-12+. The van der Waals surface area contributed by atoms with Crippen LogP contribution in [0.15, 0.2) is 71.8 Å². The first-order chi connectivity index (χ1) is 13.9. The van der Waals surface area contributed by atoms with Crippen molar-refractivity contribution in [3.63, 3.8) is 0 Å². The molecule has 0 atom stereocenters. The fourth-order valence-electron chi connectivity index (χ4n) is 2.58. The van der Waals surface area contributed by atoms with Crippen molar-refractivity contribution in [2.24, 2.45) is 5.10 Å². The van der Waals surface area contributed by atoms with E-state index < -0.39 is 5.97 Å². The van der Waals surface area contributed by atoms with Crippen LogP contribution in [0.4, 0.5) is 5.69 Å². The minimum absolute atomic E-state index is 0.0772. The third-order valence-electron chi connectivity index (χ3n) is 3.96. The van der Waals surface area contributed by atoms with Crippen molar-refractivity contribution in [3.05, 3.63) is 82.9 Å². The van der Waals surface area contributed by atoms with Crippen molar-refractivity contribution in [1.82, 2.24) is 5.43 Å². The molecule has 8 heteroatoms. The molecule has 0 aliphatic carbocycles. The maximum atomic E-state index is 11.0. The van der Waals surface area contributed by atoms with Crippen LogP contribution in [0, 0.1) is 0 Å². The molecule has 0 amide bonds. The molecule has 0 fully saturated rings. The second-order valence-electron chi connectivity index (χ2n) is 5.96. The van der Waals surface area contributed by atoms with Crippen LogP contribution in [0.3, 0.4) is 0 Å². The van der Waals surface area contributed by atoms with Gasteiger partial charge in [0.25, 0.3) is 0 Å². The Balaban J connectivity index is 1.68. The number of nitrogens with zero attached hydrogens (tertiary/aromatic N) is 1. The molecule has 3 aromatic rings. The lowest BCUT2D eigenvalue weighted by molar-refractivity contribution is 0.0697. The van der Waals surface area contributed by atoms with Gasteiger partial charge in [-0.2, -0.15) is 5.10 Å². The lowest BCUT2D eigenvalue weighted by Crippen LogP contribution is -2.24. The van der Waals surface area contributed by atoms with E-state index in [1.165, 1.54) is 18.3 Å². The molecule has 0 saturated heterocycles. The fraction of sp³-hybridized carbons (Fsp3) is 0. The number of carboxylic acid groups (broad SMARTS) is 1. The van der Waals surface area contributed by atoms with Crippen molar-refractivity contribution in [3.8, 4) is 16.9 Å². The average Bonchev–Trinajstić information content (AvgIpc) is 2.70. The number of halogens is 1. The Morgan fingerprint density at radius 3 is 2.52 bits per heavy atom. The van der Waals surface area contributed by atoms with E-state index in [-0.39, 0.29) is 16.4 Å². The van der Waals surface area contributed by atoms with Gasteiger partial charge in [-0.25, -0.2) is 4.79 Å². The van der Waals surface area contributed by atoms with Crippen molar-refractivity contribution >= 4 is 46.8 Å². The van der Waals surface area contributed by atoms with E-state index in [4.69, 9.17) is 28.9 Å². The Kier molecular flexibility index (Phi) is 6.43. The summed E-state index contributed by atoms with van der Waals surface area (Å²) in [6.45, 7) is 0. The smallest absolute Gasteiger partial charge is 0.335 e. The van der Waals surface area contributed by atoms with Crippen LogP contribution >= 0.6 is 23.8 Å². The van der Waals surface area contributed by atoms with Gasteiger partial charge in [0.2, 0.25) is 0 Å². The molecule has 29 heavy (non-hydrogen) atoms. The fourth-order valence-corrected chi connectivity index (χ4v) is 2.87. The number of benzene rings is 3. The zero-order valence-electron chi connectivity index (χ0n) is 15.0. The van der Waals surface area contributed by atoms with Gasteiger partial charge in [0.05, 0.1) is 11.8 Å². The van der Waals surface area contributed by atoms with Crippen LogP contribution < -0.4 is 10.7 Å². The first-order valence-electron chi connectivity index (χ1n) is 8.45. The van der Waals surface area contributed by atoms with Gasteiger partial charge in [-0.1, -0.05) is 41.9 Å². The zero-order valence-corrected chi connectivity index (χ0v) is 16.5. The van der Waals surface area contributed by atoms with E-state index in [2.05, 4.69) is 15.8 Å². The van der Waals surface area contributed by atoms with Crippen molar-refractivity contribution < 1.29 is 15.0 Å². The summed E-state index contributed by atoms with van der Waals surface area (Å²) in [7, 11) is 0. The number of thiocarbonyl (C=S) groups is 1. The lowest BCUT2D eigenvalue weighted by atomic mass is 10.0. The van der Waals surface area contributed by atoms with Gasteiger partial charge in [-0.3, -0.25) is 5.43 Å². The highest BCUT2D eigenvalue weighted by atomic mass is 35.5. The summed E-state index contributed by atoms with van der Waals surface area (Å²) < 4.78 is 0. The molecule has 0 aliphatic heterocycles. The average molecular weight is 426 g/mol. The number of anilines is 1. The monoisotopic (exact) mass is 425 g/mol. The van der Waals surface area contributed by atoms with Crippen molar-refractivity contribution in [1.29, 1.82) is 0 Å². The third kappa shape index (κ3) is 5.31. The molecule has 3 aromatic carbocycles. The minimum atomic E-state index is -1.03. The van der Waals surface area contributed by atoms with E-state index in [1.54, 1.807) is 42.5 Å². The Bertz CT molecular complexity index is 1080. The maximum absolute atomic E-state index is 11.0. The molecule has 0 bridgehead atoms. The summed E-state index contributed by atoms with van der Waals surface area (Å²) in [5, 5.41) is 27.2. The number of para-hydroxylation sites is 1. The number of carboxylic acids is 1. The second-order valence-corrected chi connectivity index (χ2v) is 6.81. The van der Waals surface area contributed by atoms with E-state index in [9.17, 15) is 9.90 Å². The minimum Gasteiger partial charge on any atom is -0.507 e. The highest BCUT2D eigenvalue weighted by Gasteiger charge is 2.08. The van der Waals surface area contributed by atoms with Crippen molar-refractivity contribution in [2.75, 3.05) is 5.32 Å². The van der Waals surface area contributed by atoms with Gasteiger partial charge in [0.1, 0.15) is 5.75 Å². The summed E-state index contributed by atoms with van der Waals surface area (Å²) in [4.78, 5) is 11.0. The van der Waals surface area contributed by atoms with Crippen LogP contribution in [0.5, 0.6) is 5.75 Å². The predicted octanol–water partition coefficient (Wildman–Crippen LogP) is 4.73. The molecule has 4 N–H and O–H groups in total. The Labute approximate surface area is 177 Å². The van der Waals surface area contributed by atoms with Gasteiger partial charge >= 0.3 is 5.97 Å². The Hall–Kier alpha value is -3.42. The van der Waals surface area contributed by atoms with Crippen LogP contribution in [0.1, 0.15) is 15.9 Å². The number of hydrogen-bond donors (Lipinski definition) is 4. The molecule has 0 aromatic heterocycles. The molecule has 0 saturated carbocycles. The highest BCUT2D eigenvalue weighted by molar-refractivity contribution is 7.80. The largest absolute Gasteiger partial charge is 0.507 e. The molecular formula is C21H16ClN3O3S. The first-order valence-corrected chi connectivity index (χ1v) is 9.24. The maximum Gasteiger partial charge on any atom is 0.335 e. The molecule has 146 valence electrons. The van der Waals surface area contributed by atoms with E-state index in [1.807, 2.05) is 12.1 Å². The van der Waals surface area contributed by atoms with E-state index in [0.717, 1.165) is 5.56 Å². The summed E-state index contributed by atoms with van der Waals surface area (Å²) in [5.41, 5.74) is 5.27. The molecule has 0 heterocycles. The predicted molar refractivity (Wildman–Crippen MR) is 119 cm³/mol. The van der Waals surface area contributed by atoms with E-state index >= 15 is 0 Å². The third-order valence-corrected chi connectivity index (χ3v) is 4.40. The summed E-state index contributed by atoms with van der Waals surface area (Å²) >= 11 is 11.1. The molecule has 0 unspecified atom stereocenters. The van der Waals surface area contributed by atoms with E-state index in [0.29, 0.717) is 21.8 Å². The summed E-state index contributed by atoms with van der Waals surface area (Å²) in [5.74, 6) is -0.949. The SMILES string of the molecule is O=C(O)c1cccc(NC(=S)N/N=C/c2cccc(-c3ccc(Cl)cc3)c2O)c1. The number of aromatic hydroxyl groups is 1. The Morgan fingerprint density at radius 1 is 1.07 bits per heavy atom.